The van der Waals surface area contributed by atoms with E-state index >= 15 is 0 Å². The molecule has 0 bridgehead atoms. The fourth-order valence-corrected chi connectivity index (χ4v) is 3.27. The molecule has 2 amide bonds. The van der Waals surface area contributed by atoms with Crippen molar-refractivity contribution in [1.29, 1.82) is 0 Å². The normalized spacial score (nSPS) is 10.8. The summed E-state index contributed by atoms with van der Waals surface area (Å²) >= 11 is 5.86. The van der Waals surface area contributed by atoms with Crippen LogP contribution in [0.5, 0.6) is 0 Å². The number of carbonyl (C=O) groups excluding carboxylic acids is 2. The van der Waals surface area contributed by atoms with Crippen LogP contribution in [-0.4, -0.2) is 34.8 Å². The zero-order valence-corrected chi connectivity index (χ0v) is 16.6. The number of benzene rings is 2. The number of aromatic amines is 1. The van der Waals surface area contributed by atoms with Crippen molar-refractivity contribution in [3.8, 4) is 0 Å². The number of amides is 2. The molecule has 0 spiro atoms. The van der Waals surface area contributed by atoms with E-state index in [1.165, 1.54) is 10.9 Å². The van der Waals surface area contributed by atoms with Crippen molar-refractivity contribution < 1.29 is 9.59 Å². The van der Waals surface area contributed by atoms with Crippen LogP contribution in [0.1, 0.15) is 24.5 Å². The van der Waals surface area contributed by atoms with Gasteiger partial charge in [0.2, 0.25) is 11.8 Å². The predicted octanol–water partition coefficient (Wildman–Crippen LogP) is 3.92. The minimum atomic E-state index is -0.0757. The third kappa shape index (κ3) is 5.36. The Morgan fingerprint density at radius 2 is 1.82 bits per heavy atom. The number of carbonyl (C=O) groups is 2. The Morgan fingerprint density at radius 3 is 2.57 bits per heavy atom. The first-order valence-corrected chi connectivity index (χ1v) is 9.72. The van der Waals surface area contributed by atoms with E-state index < -0.39 is 0 Å². The van der Waals surface area contributed by atoms with Crippen LogP contribution in [0, 0.1) is 0 Å². The molecule has 1 aromatic heterocycles. The molecule has 0 atom stereocenters. The third-order valence-electron chi connectivity index (χ3n) is 4.78. The highest BCUT2D eigenvalue weighted by Crippen LogP contribution is 2.18. The van der Waals surface area contributed by atoms with Crippen LogP contribution in [0.25, 0.3) is 10.9 Å². The van der Waals surface area contributed by atoms with E-state index in [1.807, 2.05) is 36.5 Å². The monoisotopic (exact) mass is 397 g/mol. The lowest BCUT2D eigenvalue weighted by molar-refractivity contribution is -0.129. The third-order valence-corrected chi connectivity index (χ3v) is 5.04. The Morgan fingerprint density at radius 1 is 1.07 bits per heavy atom. The standard InChI is InChI=1S/C22H24ClN3O2/c1-16(27)26(12-10-18-15-24-21-5-3-2-4-20(18)21)13-11-22(28)25-14-17-6-8-19(23)9-7-17/h2-9,15,24H,10-14H2,1H3,(H,25,28). The van der Waals surface area contributed by atoms with Crippen LogP contribution in [0.3, 0.4) is 0 Å². The lowest BCUT2D eigenvalue weighted by Gasteiger charge is -2.20. The molecule has 3 aromatic rings. The number of hydrogen-bond acceptors (Lipinski definition) is 2. The van der Waals surface area contributed by atoms with Crippen molar-refractivity contribution >= 4 is 34.3 Å². The number of fused-ring (bicyclic) bond motifs is 1. The summed E-state index contributed by atoms with van der Waals surface area (Å²) in [6.07, 6.45) is 3.01. The van der Waals surface area contributed by atoms with Gasteiger partial charge in [-0.05, 0) is 35.7 Å². The topological polar surface area (TPSA) is 65.2 Å². The van der Waals surface area contributed by atoms with Gasteiger partial charge in [-0.2, -0.15) is 0 Å². The van der Waals surface area contributed by atoms with E-state index in [2.05, 4.69) is 16.4 Å². The van der Waals surface area contributed by atoms with E-state index in [1.54, 1.807) is 24.0 Å². The molecule has 3 rings (SSSR count). The minimum Gasteiger partial charge on any atom is -0.361 e. The molecule has 5 nitrogen and oxygen atoms in total. The molecular weight excluding hydrogens is 374 g/mol. The Bertz CT molecular complexity index is 950. The van der Waals surface area contributed by atoms with Crippen molar-refractivity contribution in [1.82, 2.24) is 15.2 Å². The number of rotatable bonds is 8. The zero-order chi connectivity index (χ0) is 19.9. The number of halogens is 1. The fraction of sp³-hybridized carbons (Fsp3) is 0.273. The Labute approximate surface area is 169 Å². The van der Waals surface area contributed by atoms with Gasteiger partial charge in [-0.3, -0.25) is 9.59 Å². The molecule has 2 N–H and O–H groups in total. The smallest absolute Gasteiger partial charge is 0.222 e. The summed E-state index contributed by atoms with van der Waals surface area (Å²) in [6.45, 7) is 2.98. The van der Waals surface area contributed by atoms with E-state index in [0.717, 1.165) is 17.5 Å². The first-order chi connectivity index (χ1) is 13.5. The summed E-state index contributed by atoms with van der Waals surface area (Å²) in [5.41, 5.74) is 3.25. The zero-order valence-electron chi connectivity index (χ0n) is 15.9. The molecule has 6 heteroatoms. The maximum atomic E-state index is 12.1. The first kappa shape index (κ1) is 20.0. The molecule has 0 aliphatic rings. The molecule has 0 unspecified atom stereocenters. The Hall–Kier alpha value is -2.79. The van der Waals surface area contributed by atoms with E-state index in [0.29, 0.717) is 24.7 Å². The SMILES string of the molecule is CC(=O)N(CCC(=O)NCc1ccc(Cl)cc1)CCc1c[nH]c2ccccc12. The average molecular weight is 398 g/mol. The van der Waals surface area contributed by atoms with E-state index in [9.17, 15) is 9.59 Å². The molecule has 0 saturated carbocycles. The van der Waals surface area contributed by atoms with Crippen molar-refractivity contribution in [3.05, 3.63) is 70.9 Å². The summed E-state index contributed by atoms with van der Waals surface area (Å²) in [5, 5.41) is 4.72. The highest BCUT2D eigenvalue weighted by molar-refractivity contribution is 6.30. The van der Waals surface area contributed by atoms with Gasteiger partial charge in [-0.15, -0.1) is 0 Å². The van der Waals surface area contributed by atoms with E-state index in [4.69, 9.17) is 11.6 Å². The second-order valence-corrected chi connectivity index (χ2v) is 7.21. The summed E-state index contributed by atoms with van der Waals surface area (Å²) < 4.78 is 0. The number of nitrogens with one attached hydrogen (secondary N) is 2. The van der Waals surface area contributed by atoms with Gasteiger partial charge in [0.1, 0.15) is 0 Å². The largest absolute Gasteiger partial charge is 0.361 e. The maximum absolute atomic E-state index is 12.1. The van der Waals surface area contributed by atoms with Crippen LogP contribution in [-0.2, 0) is 22.6 Å². The van der Waals surface area contributed by atoms with Crippen molar-refractivity contribution in [3.63, 3.8) is 0 Å². The van der Waals surface area contributed by atoms with Crippen molar-refractivity contribution in [2.24, 2.45) is 0 Å². The van der Waals surface area contributed by atoms with Crippen LogP contribution in [0.4, 0.5) is 0 Å². The van der Waals surface area contributed by atoms with Gasteiger partial charge >= 0.3 is 0 Å². The van der Waals surface area contributed by atoms with Gasteiger partial charge in [0, 0.05) is 55.1 Å². The molecule has 1 heterocycles. The van der Waals surface area contributed by atoms with Gasteiger partial charge in [0.05, 0.1) is 0 Å². The maximum Gasteiger partial charge on any atom is 0.222 e. The lowest BCUT2D eigenvalue weighted by Crippen LogP contribution is -2.35. The predicted molar refractivity (Wildman–Crippen MR) is 112 cm³/mol. The Kier molecular flexibility index (Phi) is 6.71. The van der Waals surface area contributed by atoms with Crippen LogP contribution >= 0.6 is 11.6 Å². The summed E-state index contributed by atoms with van der Waals surface area (Å²) in [4.78, 5) is 29.1. The fourth-order valence-electron chi connectivity index (χ4n) is 3.15. The summed E-state index contributed by atoms with van der Waals surface area (Å²) in [6, 6.07) is 15.5. The second kappa shape index (κ2) is 9.42. The van der Waals surface area contributed by atoms with Gasteiger partial charge < -0.3 is 15.2 Å². The van der Waals surface area contributed by atoms with Crippen LogP contribution in [0.15, 0.2) is 54.7 Å². The van der Waals surface area contributed by atoms with E-state index in [-0.39, 0.29) is 18.2 Å². The van der Waals surface area contributed by atoms with Crippen LogP contribution in [0.2, 0.25) is 5.02 Å². The first-order valence-electron chi connectivity index (χ1n) is 9.34. The molecule has 0 aliphatic heterocycles. The molecular formula is C22H24ClN3O2. The second-order valence-electron chi connectivity index (χ2n) is 6.77. The molecule has 146 valence electrons. The molecule has 28 heavy (non-hydrogen) atoms. The number of para-hydroxylation sites is 1. The van der Waals surface area contributed by atoms with Gasteiger partial charge in [0.25, 0.3) is 0 Å². The van der Waals surface area contributed by atoms with Gasteiger partial charge in [-0.25, -0.2) is 0 Å². The van der Waals surface area contributed by atoms with Gasteiger partial charge in [-0.1, -0.05) is 41.9 Å². The molecule has 0 aliphatic carbocycles. The minimum absolute atomic E-state index is 0.0228. The molecule has 0 fully saturated rings. The quantitative estimate of drug-likeness (QED) is 0.605. The molecule has 0 radical (unpaired) electrons. The highest BCUT2D eigenvalue weighted by atomic mass is 35.5. The van der Waals surface area contributed by atoms with Crippen molar-refractivity contribution in [2.45, 2.75) is 26.3 Å². The Balaban J connectivity index is 1.48. The van der Waals surface area contributed by atoms with Gasteiger partial charge in [0.15, 0.2) is 0 Å². The number of H-pyrrole nitrogens is 1. The molecule has 0 saturated heterocycles. The van der Waals surface area contributed by atoms with Crippen LogP contribution < -0.4 is 5.32 Å². The lowest BCUT2D eigenvalue weighted by atomic mass is 10.1. The number of hydrogen-bond donors (Lipinski definition) is 2. The number of nitrogens with zero attached hydrogens (tertiary/aromatic N) is 1. The average Bonchev–Trinajstić information content (AvgIpc) is 3.10. The molecule has 2 aromatic carbocycles. The number of aromatic nitrogens is 1. The summed E-state index contributed by atoms with van der Waals surface area (Å²) in [7, 11) is 0. The van der Waals surface area contributed by atoms with Crippen molar-refractivity contribution in [2.75, 3.05) is 13.1 Å². The summed E-state index contributed by atoms with van der Waals surface area (Å²) in [5.74, 6) is -0.0985. The highest BCUT2D eigenvalue weighted by Gasteiger charge is 2.12.